The number of nitrogens with one attached hydrogen (secondary N) is 1. The molecular weight excluding hydrogens is 330 g/mol. The molecule has 8 heteroatoms. The summed E-state index contributed by atoms with van der Waals surface area (Å²) in [4.78, 5) is 12.4. The molecule has 0 unspecified atom stereocenters. The van der Waals surface area contributed by atoms with Crippen LogP contribution in [-0.4, -0.2) is 30.7 Å². The van der Waals surface area contributed by atoms with E-state index in [1.54, 1.807) is 29.8 Å². The van der Waals surface area contributed by atoms with Crippen LogP contribution in [0.1, 0.15) is 42.7 Å². The molecule has 1 heterocycles. The average Bonchev–Trinajstić information content (AvgIpc) is 2.95. The van der Waals surface area contributed by atoms with Gasteiger partial charge in [-0.3, -0.25) is 9.48 Å². The monoisotopic (exact) mass is 349 g/mol. The minimum atomic E-state index is -4.04. The van der Waals surface area contributed by atoms with Crippen molar-refractivity contribution in [3.63, 3.8) is 0 Å². The number of amides is 1. The molecule has 0 spiro atoms. The van der Waals surface area contributed by atoms with Crippen molar-refractivity contribution in [2.24, 2.45) is 0 Å². The third-order valence-corrected chi connectivity index (χ3v) is 5.36. The van der Waals surface area contributed by atoms with E-state index in [9.17, 15) is 13.2 Å². The molecule has 1 amide bonds. The van der Waals surface area contributed by atoms with Crippen LogP contribution in [0, 0.1) is 0 Å². The number of nitrogens with zero attached hydrogens (tertiary/aromatic N) is 2. The number of carbonyl (C=O) groups is 1. The van der Waals surface area contributed by atoms with E-state index in [2.05, 4.69) is 9.82 Å². The first-order valence-electron chi connectivity index (χ1n) is 7.85. The first-order chi connectivity index (χ1) is 11.5. The van der Waals surface area contributed by atoms with E-state index in [4.69, 9.17) is 4.74 Å². The first kappa shape index (κ1) is 16.5. The summed E-state index contributed by atoms with van der Waals surface area (Å²) in [5.74, 6) is -0.474. The van der Waals surface area contributed by atoms with Crippen LogP contribution in [0.2, 0.25) is 0 Å². The molecule has 3 rings (SSSR count). The Morgan fingerprint density at radius 2 is 2.08 bits per heavy atom. The van der Waals surface area contributed by atoms with Crippen LogP contribution < -0.4 is 9.46 Å². The summed E-state index contributed by atoms with van der Waals surface area (Å²) in [6.45, 7) is 2.09. The lowest BCUT2D eigenvalue weighted by molar-refractivity contribution is 0.0963. The van der Waals surface area contributed by atoms with E-state index in [-0.39, 0.29) is 22.4 Å². The summed E-state index contributed by atoms with van der Waals surface area (Å²) >= 11 is 0. The molecule has 128 valence electrons. The molecule has 1 aliphatic rings. The van der Waals surface area contributed by atoms with E-state index >= 15 is 0 Å². The van der Waals surface area contributed by atoms with E-state index in [0.717, 1.165) is 19.3 Å². The highest BCUT2D eigenvalue weighted by atomic mass is 32.2. The van der Waals surface area contributed by atoms with Crippen LogP contribution in [0.4, 0.5) is 0 Å². The smallest absolute Gasteiger partial charge is 0.283 e. The van der Waals surface area contributed by atoms with Crippen molar-refractivity contribution >= 4 is 15.9 Å². The summed E-state index contributed by atoms with van der Waals surface area (Å²) in [5, 5.41) is 4.15. The van der Waals surface area contributed by atoms with Gasteiger partial charge in [0.05, 0.1) is 12.6 Å². The Hall–Kier alpha value is -2.35. The van der Waals surface area contributed by atoms with Gasteiger partial charge in [0.15, 0.2) is 0 Å². The number of sulfonamides is 1. The van der Waals surface area contributed by atoms with Crippen molar-refractivity contribution in [1.29, 1.82) is 0 Å². The van der Waals surface area contributed by atoms with Gasteiger partial charge >= 0.3 is 0 Å². The number of rotatable bonds is 6. The fraction of sp³-hybridized carbons (Fsp3) is 0.375. The lowest BCUT2D eigenvalue weighted by atomic mass is 9.93. The molecule has 0 radical (unpaired) electrons. The lowest BCUT2D eigenvalue weighted by Gasteiger charge is -2.27. The highest BCUT2D eigenvalue weighted by Crippen LogP contribution is 2.32. The Morgan fingerprint density at radius 1 is 1.33 bits per heavy atom. The van der Waals surface area contributed by atoms with Crippen LogP contribution in [0.25, 0.3) is 0 Å². The topological polar surface area (TPSA) is 90.3 Å². The van der Waals surface area contributed by atoms with Gasteiger partial charge < -0.3 is 4.74 Å². The third-order valence-electron chi connectivity index (χ3n) is 3.99. The van der Waals surface area contributed by atoms with Crippen LogP contribution in [0.5, 0.6) is 5.75 Å². The zero-order chi connectivity index (χ0) is 17.2. The molecule has 0 atom stereocenters. The van der Waals surface area contributed by atoms with E-state index < -0.39 is 15.9 Å². The number of hydrogen-bond donors (Lipinski definition) is 1. The number of carbonyl (C=O) groups excluding carboxylic acids is 1. The van der Waals surface area contributed by atoms with Gasteiger partial charge in [0.1, 0.15) is 16.3 Å². The van der Waals surface area contributed by atoms with Crippen molar-refractivity contribution in [1.82, 2.24) is 14.5 Å². The summed E-state index contributed by atoms with van der Waals surface area (Å²) in [6, 6.07) is 7.92. The molecule has 1 saturated carbocycles. The molecule has 1 N–H and O–H groups in total. The number of ether oxygens (including phenoxy) is 1. The predicted molar refractivity (Wildman–Crippen MR) is 87.4 cm³/mol. The Labute approximate surface area is 140 Å². The van der Waals surface area contributed by atoms with Crippen molar-refractivity contribution < 1.29 is 17.9 Å². The standard InChI is InChI=1S/C16H19N3O4S/c1-2-23-14-8-3-4-9-15(14)24(21,22)18-16(20)13-10-11-17-19(13)12-6-5-7-12/h3-4,8-12H,2,5-7H2,1H3,(H,18,20). The lowest BCUT2D eigenvalue weighted by Crippen LogP contribution is -2.34. The maximum absolute atomic E-state index is 12.6. The fourth-order valence-electron chi connectivity index (χ4n) is 2.59. The van der Waals surface area contributed by atoms with Gasteiger partial charge in [0.25, 0.3) is 15.9 Å². The third kappa shape index (κ3) is 3.14. The van der Waals surface area contributed by atoms with Gasteiger partial charge in [-0.2, -0.15) is 5.10 Å². The van der Waals surface area contributed by atoms with Gasteiger partial charge in [0, 0.05) is 6.20 Å². The van der Waals surface area contributed by atoms with Gasteiger partial charge in [-0.25, -0.2) is 13.1 Å². The molecular formula is C16H19N3O4S. The van der Waals surface area contributed by atoms with Gasteiger partial charge in [-0.15, -0.1) is 0 Å². The van der Waals surface area contributed by atoms with Crippen LogP contribution >= 0.6 is 0 Å². The summed E-state index contributed by atoms with van der Waals surface area (Å²) < 4.78 is 34.2. The van der Waals surface area contributed by atoms with Crippen LogP contribution in [0.3, 0.4) is 0 Å². The Bertz CT molecular complexity index is 841. The molecule has 1 aromatic carbocycles. The minimum absolute atomic E-state index is 0.0603. The Balaban J connectivity index is 1.85. The van der Waals surface area contributed by atoms with Crippen LogP contribution in [0.15, 0.2) is 41.4 Å². The minimum Gasteiger partial charge on any atom is -0.492 e. The Kier molecular flexibility index (Phi) is 4.57. The highest BCUT2D eigenvalue weighted by molar-refractivity contribution is 7.90. The second kappa shape index (κ2) is 6.64. The summed E-state index contributed by atoms with van der Waals surface area (Å²) in [7, 11) is -4.04. The van der Waals surface area contributed by atoms with Crippen molar-refractivity contribution in [2.45, 2.75) is 37.1 Å². The molecule has 1 fully saturated rings. The zero-order valence-corrected chi connectivity index (χ0v) is 14.1. The fourth-order valence-corrected chi connectivity index (χ4v) is 3.70. The second-order valence-corrected chi connectivity index (χ2v) is 7.21. The highest BCUT2D eigenvalue weighted by Gasteiger charge is 2.28. The average molecular weight is 349 g/mol. The van der Waals surface area contributed by atoms with E-state index in [1.165, 1.54) is 18.3 Å². The molecule has 0 saturated heterocycles. The molecule has 0 aliphatic heterocycles. The summed E-state index contributed by atoms with van der Waals surface area (Å²) in [6.07, 6.45) is 4.49. The molecule has 1 aliphatic carbocycles. The van der Waals surface area contributed by atoms with E-state index in [1.807, 2.05) is 0 Å². The number of aromatic nitrogens is 2. The summed E-state index contributed by atoms with van der Waals surface area (Å²) in [5.41, 5.74) is 0.247. The van der Waals surface area contributed by atoms with Crippen molar-refractivity contribution in [3.8, 4) is 5.75 Å². The first-order valence-corrected chi connectivity index (χ1v) is 9.33. The predicted octanol–water partition coefficient (Wildman–Crippen LogP) is 2.13. The maximum Gasteiger partial charge on any atom is 0.283 e. The SMILES string of the molecule is CCOc1ccccc1S(=O)(=O)NC(=O)c1ccnn1C1CCC1. The molecule has 1 aromatic heterocycles. The largest absolute Gasteiger partial charge is 0.492 e. The maximum atomic E-state index is 12.6. The Morgan fingerprint density at radius 3 is 2.75 bits per heavy atom. The van der Waals surface area contributed by atoms with Gasteiger partial charge in [-0.05, 0) is 44.4 Å². The van der Waals surface area contributed by atoms with E-state index in [0.29, 0.717) is 6.61 Å². The number of hydrogen-bond acceptors (Lipinski definition) is 5. The normalized spacial score (nSPS) is 14.9. The van der Waals surface area contributed by atoms with Gasteiger partial charge in [0.2, 0.25) is 0 Å². The van der Waals surface area contributed by atoms with Crippen LogP contribution in [-0.2, 0) is 10.0 Å². The van der Waals surface area contributed by atoms with Crippen molar-refractivity contribution in [2.75, 3.05) is 6.61 Å². The quantitative estimate of drug-likeness (QED) is 0.863. The second-order valence-electron chi connectivity index (χ2n) is 5.56. The molecule has 0 bridgehead atoms. The zero-order valence-electron chi connectivity index (χ0n) is 13.3. The molecule has 7 nitrogen and oxygen atoms in total. The van der Waals surface area contributed by atoms with Gasteiger partial charge in [-0.1, -0.05) is 12.1 Å². The number of para-hydroxylation sites is 1. The number of benzene rings is 1. The molecule has 2 aromatic rings. The van der Waals surface area contributed by atoms with Crippen molar-refractivity contribution in [3.05, 3.63) is 42.2 Å². The molecule has 24 heavy (non-hydrogen) atoms.